The fourth-order valence-electron chi connectivity index (χ4n) is 2.41. The molecule has 3 rings (SSSR count). The molecule has 0 saturated carbocycles. The van der Waals surface area contributed by atoms with Gasteiger partial charge in [-0.05, 0) is 22.6 Å². The number of benzene rings is 1. The summed E-state index contributed by atoms with van der Waals surface area (Å²) in [7, 11) is 3.15. The van der Waals surface area contributed by atoms with E-state index in [4.69, 9.17) is 14.2 Å². The van der Waals surface area contributed by atoms with Gasteiger partial charge in [0.25, 0.3) is 0 Å². The molecule has 1 aliphatic heterocycles. The summed E-state index contributed by atoms with van der Waals surface area (Å²) in [6.07, 6.45) is 0. The van der Waals surface area contributed by atoms with Crippen LogP contribution < -0.4 is 9.47 Å². The van der Waals surface area contributed by atoms with E-state index in [1.54, 1.807) is 35.9 Å². The summed E-state index contributed by atoms with van der Waals surface area (Å²) in [5, 5.41) is 12.3. The van der Waals surface area contributed by atoms with Gasteiger partial charge in [-0.3, -0.25) is 4.79 Å². The van der Waals surface area contributed by atoms with Crippen LogP contribution in [0.1, 0.15) is 0 Å². The lowest BCUT2D eigenvalue weighted by Gasteiger charge is -2.26. The summed E-state index contributed by atoms with van der Waals surface area (Å²) in [5.41, 5.74) is 0.676. The highest BCUT2D eigenvalue weighted by Gasteiger charge is 2.20. The molecule has 0 aliphatic carbocycles. The van der Waals surface area contributed by atoms with Gasteiger partial charge in [-0.1, -0.05) is 11.8 Å². The number of rotatable bonds is 6. The quantitative estimate of drug-likeness (QED) is 0.689. The standard InChI is InChI=1S/C15H19N5O4S/c1-22-11-3-4-12(13(9-11)23-2)20-15(16-17-18-20)25-10-14(21)19-5-7-24-8-6-19/h3-4,9H,5-8,10H2,1-2H3. The van der Waals surface area contributed by atoms with E-state index in [0.717, 1.165) is 0 Å². The van der Waals surface area contributed by atoms with Gasteiger partial charge in [-0.2, -0.15) is 4.68 Å². The maximum Gasteiger partial charge on any atom is 0.233 e. The number of aromatic nitrogens is 4. The lowest BCUT2D eigenvalue weighted by Crippen LogP contribution is -2.41. The van der Waals surface area contributed by atoms with Gasteiger partial charge < -0.3 is 19.1 Å². The molecule has 10 heteroatoms. The van der Waals surface area contributed by atoms with Crippen molar-refractivity contribution >= 4 is 17.7 Å². The monoisotopic (exact) mass is 365 g/mol. The Labute approximate surface area is 149 Å². The van der Waals surface area contributed by atoms with Gasteiger partial charge in [0.15, 0.2) is 0 Å². The Bertz CT molecular complexity index is 732. The van der Waals surface area contributed by atoms with Crippen LogP contribution >= 0.6 is 11.8 Å². The van der Waals surface area contributed by atoms with Crippen molar-refractivity contribution in [3.05, 3.63) is 18.2 Å². The Balaban J connectivity index is 1.73. The van der Waals surface area contributed by atoms with E-state index in [2.05, 4.69) is 15.5 Å². The fourth-order valence-corrected chi connectivity index (χ4v) is 3.20. The minimum Gasteiger partial charge on any atom is -0.497 e. The predicted octanol–water partition coefficient (Wildman–Crippen LogP) is 0.630. The molecule has 134 valence electrons. The van der Waals surface area contributed by atoms with Crippen molar-refractivity contribution in [3.8, 4) is 17.2 Å². The molecule has 0 N–H and O–H groups in total. The van der Waals surface area contributed by atoms with Crippen molar-refractivity contribution in [3.63, 3.8) is 0 Å². The number of ether oxygens (including phenoxy) is 3. The number of hydrogen-bond acceptors (Lipinski definition) is 8. The minimum atomic E-state index is 0.0459. The molecule has 0 atom stereocenters. The van der Waals surface area contributed by atoms with Gasteiger partial charge in [0.1, 0.15) is 17.2 Å². The van der Waals surface area contributed by atoms with E-state index in [1.807, 2.05) is 6.07 Å². The average Bonchev–Trinajstić information content (AvgIpc) is 3.14. The molecule has 1 aromatic heterocycles. The molecule has 2 heterocycles. The minimum absolute atomic E-state index is 0.0459. The van der Waals surface area contributed by atoms with E-state index in [0.29, 0.717) is 48.6 Å². The molecule has 0 radical (unpaired) electrons. The van der Waals surface area contributed by atoms with Crippen LogP contribution in [0.2, 0.25) is 0 Å². The zero-order chi connectivity index (χ0) is 17.6. The summed E-state index contributed by atoms with van der Waals surface area (Å²) < 4.78 is 17.4. The number of nitrogens with zero attached hydrogens (tertiary/aromatic N) is 5. The third kappa shape index (κ3) is 4.02. The van der Waals surface area contributed by atoms with E-state index in [9.17, 15) is 4.79 Å². The highest BCUT2D eigenvalue weighted by atomic mass is 32.2. The lowest BCUT2D eigenvalue weighted by atomic mass is 10.3. The maximum absolute atomic E-state index is 12.3. The number of morpholine rings is 1. The van der Waals surface area contributed by atoms with Gasteiger partial charge >= 0.3 is 0 Å². The lowest BCUT2D eigenvalue weighted by molar-refractivity contribution is -0.132. The Morgan fingerprint density at radius 1 is 1.28 bits per heavy atom. The van der Waals surface area contributed by atoms with Crippen LogP contribution in [0.15, 0.2) is 23.4 Å². The summed E-state index contributed by atoms with van der Waals surface area (Å²) >= 11 is 1.29. The maximum atomic E-state index is 12.3. The van der Waals surface area contributed by atoms with Crippen molar-refractivity contribution < 1.29 is 19.0 Å². The fraction of sp³-hybridized carbons (Fsp3) is 0.467. The van der Waals surface area contributed by atoms with Crippen molar-refractivity contribution in [2.45, 2.75) is 5.16 Å². The summed E-state index contributed by atoms with van der Waals surface area (Å²) in [6, 6.07) is 5.36. The molecule has 0 spiro atoms. The molecule has 1 fully saturated rings. The Morgan fingerprint density at radius 2 is 2.08 bits per heavy atom. The third-order valence-corrected chi connectivity index (χ3v) is 4.65. The molecule has 9 nitrogen and oxygen atoms in total. The first-order valence-corrected chi connectivity index (χ1v) is 8.70. The molecule has 2 aromatic rings. The largest absolute Gasteiger partial charge is 0.497 e. The van der Waals surface area contributed by atoms with E-state index < -0.39 is 0 Å². The first kappa shape index (κ1) is 17.5. The summed E-state index contributed by atoms with van der Waals surface area (Å²) in [6.45, 7) is 2.40. The van der Waals surface area contributed by atoms with Gasteiger partial charge in [0.05, 0.1) is 33.2 Å². The highest BCUT2D eigenvalue weighted by Crippen LogP contribution is 2.29. The van der Waals surface area contributed by atoms with Crippen LogP contribution in [0.5, 0.6) is 11.5 Å². The first-order chi connectivity index (χ1) is 12.2. The number of hydrogen-bond donors (Lipinski definition) is 0. The van der Waals surface area contributed by atoms with Crippen LogP contribution in [-0.2, 0) is 9.53 Å². The van der Waals surface area contributed by atoms with Gasteiger partial charge in [0, 0.05) is 19.2 Å². The molecular formula is C15H19N5O4S. The third-order valence-electron chi connectivity index (χ3n) is 3.74. The topological polar surface area (TPSA) is 91.6 Å². The molecule has 1 aromatic carbocycles. The second kappa shape index (κ2) is 8.17. The van der Waals surface area contributed by atoms with Gasteiger partial charge in [-0.25, -0.2) is 0 Å². The van der Waals surface area contributed by atoms with E-state index in [1.165, 1.54) is 11.8 Å². The molecular weight excluding hydrogens is 346 g/mol. The zero-order valence-corrected chi connectivity index (χ0v) is 14.9. The number of methoxy groups -OCH3 is 2. The smallest absolute Gasteiger partial charge is 0.233 e. The van der Waals surface area contributed by atoms with Crippen molar-refractivity contribution in [1.29, 1.82) is 0 Å². The molecule has 1 aliphatic rings. The molecule has 25 heavy (non-hydrogen) atoms. The van der Waals surface area contributed by atoms with Crippen molar-refractivity contribution in [2.75, 3.05) is 46.3 Å². The summed E-state index contributed by atoms with van der Waals surface area (Å²) in [4.78, 5) is 14.1. The molecule has 1 saturated heterocycles. The molecule has 0 bridgehead atoms. The number of thioether (sulfide) groups is 1. The predicted molar refractivity (Wildman–Crippen MR) is 90.4 cm³/mol. The normalized spacial score (nSPS) is 14.4. The Hall–Kier alpha value is -2.33. The van der Waals surface area contributed by atoms with Crippen LogP contribution in [0.3, 0.4) is 0 Å². The van der Waals surface area contributed by atoms with Crippen LogP contribution in [-0.4, -0.2) is 77.3 Å². The number of tetrazole rings is 1. The van der Waals surface area contributed by atoms with E-state index >= 15 is 0 Å². The second-order valence-electron chi connectivity index (χ2n) is 5.19. The van der Waals surface area contributed by atoms with Crippen LogP contribution in [0, 0.1) is 0 Å². The average molecular weight is 365 g/mol. The van der Waals surface area contributed by atoms with Crippen molar-refractivity contribution in [2.24, 2.45) is 0 Å². The van der Waals surface area contributed by atoms with Gasteiger partial charge in [0.2, 0.25) is 11.1 Å². The second-order valence-corrected chi connectivity index (χ2v) is 6.14. The first-order valence-electron chi connectivity index (χ1n) is 7.72. The number of carbonyl (C=O) groups excluding carboxylic acids is 1. The van der Waals surface area contributed by atoms with Crippen molar-refractivity contribution in [1.82, 2.24) is 25.1 Å². The molecule has 1 amide bonds. The van der Waals surface area contributed by atoms with Gasteiger partial charge in [-0.15, -0.1) is 5.10 Å². The highest BCUT2D eigenvalue weighted by molar-refractivity contribution is 7.99. The Kier molecular flexibility index (Phi) is 5.71. The van der Waals surface area contributed by atoms with Crippen LogP contribution in [0.25, 0.3) is 5.69 Å². The number of carbonyl (C=O) groups is 1. The zero-order valence-electron chi connectivity index (χ0n) is 14.0. The number of amides is 1. The summed E-state index contributed by atoms with van der Waals surface area (Å²) in [5.74, 6) is 1.56. The molecule has 0 unspecified atom stereocenters. The van der Waals surface area contributed by atoms with Crippen LogP contribution in [0.4, 0.5) is 0 Å². The SMILES string of the molecule is COc1ccc(-n2nnnc2SCC(=O)N2CCOCC2)c(OC)c1. The Morgan fingerprint density at radius 3 is 2.80 bits per heavy atom. The van der Waals surface area contributed by atoms with E-state index in [-0.39, 0.29) is 11.7 Å².